The summed E-state index contributed by atoms with van der Waals surface area (Å²) >= 11 is 0. The fourth-order valence-corrected chi connectivity index (χ4v) is 3.70. The fourth-order valence-electron chi connectivity index (χ4n) is 3.70. The molecule has 1 aromatic rings. The van der Waals surface area contributed by atoms with Crippen molar-refractivity contribution in [3.8, 4) is 0 Å². The molecule has 1 saturated carbocycles. The van der Waals surface area contributed by atoms with E-state index in [4.69, 9.17) is 5.73 Å². The molecule has 0 radical (unpaired) electrons. The van der Waals surface area contributed by atoms with Crippen molar-refractivity contribution in [3.05, 3.63) is 29.3 Å². The Kier molecular flexibility index (Phi) is 5.02. The minimum absolute atomic E-state index is 0.0827. The molecule has 1 fully saturated rings. The maximum atomic E-state index is 12.5. The van der Waals surface area contributed by atoms with Gasteiger partial charge in [-0.1, -0.05) is 26.0 Å². The van der Waals surface area contributed by atoms with Crippen LogP contribution in [0.2, 0.25) is 0 Å². The zero-order chi connectivity index (χ0) is 16.4. The number of fused-ring (bicyclic) bond motifs is 1. The Bertz CT molecular complexity index is 570. The number of hydrogen-bond acceptors (Lipinski definition) is 3. The molecule has 2 aliphatic rings. The van der Waals surface area contributed by atoms with Crippen molar-refractivity contribution < 1.29 is 4.79 Å². The highest BCUT2D eigenvalue weighted by molar-refractivity contribution is 5.93. The highest BCUT2D eigenvalue weighted by Crippen LogP contribution is 2.31. The van der Waals surface area contributed by atoms with Crippen molar-refractivity contribution in [2.75, 3.05) is 11.9 Å². The van der Waals surface area contributed by atoms with Gasteiger partial charge in [-0.15, -0.1) is 0 Å². The molecule has 0 bridgehead atoms. The van der Waals surface area contributed by atoms with E-state index in [9.17, 15) is 4.79 Å². The van der Waals surface area contributed by atoms with E-state index in [0.29, 0.717) is 0 Å². The number of nitrogens with zero attached hydrogens (tertiary/aromatic N) is 1. The quantitative estimate of drug-likeness (QED) is 0.878. The molecule has 23 heavy (non-hydrogen) atoms. The largest absolute Gasteiger partial charge is 0.328 e. The van der Waals surface area contributed by atoms with Crippen LogP contribution in [0.5, 0.6) is 0 Å². The summed E-state index contributed by atoms with van der Waals surface area (Å²) in [7, 11) is 0. The maximum Gasteiger partial charge on any atom is 0.227 e. The molecule has 4 heteroatoms. The molecule has 2 unspecified atom stereocenters. The molecule has 1 amide bonds. The average Bonchev–Trinajstić information content (AvgIpc) is 3.11. The molecule has 1 aliphatic carbocycles. The normalized spacial score (nSPS) is 24.2. The van der Waals surface area contributed by atoms with Crippen molar-refractivity contribution >= 4 is 11.6 Å². The standard InChI is InChI=1S/C19H29N3O/c1-13(2)8-9-22-11-15-4-3-5-18(17(15)12-22)21-19(23)14-6-7-16(20)10-14/h3-5,13-14,16H,6-12,20H2,1-2H3,(H,21,23). The van der Waals surface area contributed by atoms with Gasteiger partial charge in [-0.05, 0) is 55.3 Å². The molecule has 0 saturated heterocycles. The van der Waals surface area contributed by atoms with Crippen molar-refractivity contribution in [1.29, 1.82) is 0 Å². The van der Waals surface area contributed by atoms with Crippen molar-refractivity contribution in [1.82, 2.24) is 4.90 Å². The summed E-state index contributed by atoms with van der Waals surface area (Å²) in [5.74, 6) is 0.954. The number of amides is 1. The lowest BCUT2D eigenvalue weighted by molar-refractivity contribution is -0.119. The lowest BCUT2D eigenvalue weighted by atomic mass is 10.1. The van der Waals surface area contributed by atoms with Gasteiger partial charge in [0.25, 0.3) is 0 Å². The van der Waals surface area contributed by atoms with Crippen molar-refractivity contribution in [2.24, 2.45) is 17.6 Å². The Hall–Kier alpha value is -1.39. The topological polar surface area (TPSA) is 58.4 Å². The molecular formula is C19H29N3O. The highest BCUT2D eigenvalue weighted by Gasteiger charge is 2.29. The number of benzene rings is 1. The van der Waals surface area contributed by atoms with Gasteiger partial charge in [0.2, 0.25) is 5.91 Å². The Balaban J connectivity index is 1.64. The van der Waals surface area contributed by atoms with Crippen LogP contribution in [0.25, 0.3) is 0 Å². The van der Waals surface area contributed by atoms with Crippen LogP contribution < -0.4 is 11.1 Å². The number of rotatable bonds is 5. The monoisotopic (exact) mass is 315 g/mol. The first kappa shape index (κ1) is 16.5. The predicted molar refractivity (Wildman–Crippen MR) is 94.0 cm³/mol. The van der Waals surface area contributed by atoms with Gasteiger partial charge in [-0.2, -0.15) is 0 Å². The third kappa shape index (κ3) is 3.93. The second kappa shape index (κ2) is 7.02. The zero-order valence-corrected chi connectivity index (χ0v) is 14.3. The smallest absolute Gasteiger partial charge is 0.227 e. The molecule has 4 nitrogen and oxygen atoms in total. The zero-order valence-electron chi connectivity index (χ0n) is 14.3. The number of nitrogens with one attached hydrogen (secondary N) is 1. The van der Waals surface area contributed by atoms with Gasteiger partial charge in [-0.25, -0.2) is 0 Å². The van der Waals surface area contributed by atoms with Crippen LogP contribution in [0.3, 0.4) is 0 Å². The number of nitrogens with two attached hydrogens (primary N) is 1. The molecule has 1 aromatic carbocycles. The summed E-state index contributed by atoms with van der Waals surface area (Å²) in [6, 6.07) is 6.48. The minimum Gasteiger partial charge on any atom is -0.328 e. The van der Waals surface area contributed by atoms with Crippen LogP contribution in [0.1, 0.15) is 50.7 Å². The van der Waals surface area contributed by atoms with E-state index in [1.54, 1.807) is 0 Å². The molecule has 126 valence electrons. The minimum atomic E-state index is 0.0827. The molecular weight excluding hydrogens is 286 g/mol. The Labute approximate surface area is 139 Å². The third-order valence-electron chi connectivity index (χ3n) is 5.17. The molecule has 0 aromatic heterocycles. The number of anilines is 1. The van der Waals surface area contributed by atoms with E-state index in [0.717, 1.165) is 50.5 Å². The van der Waals surface area contributed by atoms with Crippen LogP contribution in [-0.4, -0.2) is 23.4 Å². The second-order valence-corrected chi connectivity index (χ2v) is 7.60. The number of carbonyl (C=O) groups excluding carboxylic acids is 1. The average molecular weight is 315 g/mol. The van der Waals surface area contributed by atoms with E-state index >= 15 is 0 Å². The van der Waals surface area contributed by atoms with Gasteiger partial charge < -0.3 is 11.1 Å². The van der Waals surface area contributed by atoms with E-state index in [2.05, 4.69) is 36.2 Å². The molecule has 0 spiro atoms. The number of carbonyl (C=O) groups is 1. The molecule has 1 heterocycles. The van der Waals surface area contributed by atoms with Crippen LogP contribution >= 0.6 is 0 Å². The van der Waals surface area contributed by atoms with Gasteiger partial charge in [-0.3, -0.25) is 9.69 Å². The van der Waals surface area contributed by atoms with E-state index < -0.39 is 0 Å². The van der Waals surface area contributed by atoms with Gasteiger partial charge in [0, 0.05) is 30.7 Å². The molecule has 1 aliphatic heterocycles. The highest BCUT2D eigenvalue weighted by atomic mass is 16.1. The SMILES string of the molecule is CC(C)CCN1Cc2cccc(NC(=O)C3CCC(N)C3)c2C1. The fraction of sp³-hybridized carbons (Fsp3) is 0.632. The number of hydrogen-bond donors (Lipinski definition) is 2. The lowest BCUT2D eigenvalue weighted by Crippen LogP contribution is -2.24. The van der Waals surface area contributed by atoms with Crippen LogP contribution in [-0.2, 0) is 17.9 Å². The first-order valence-corrected chi connectivity index (χ1v) is 8.92. The maximum absolute atomic E-state index is 12.5. The Morgan fingerprint density at radius 2 is 2.17 bits per heavy atom. The molecule has 3 rings (SSSR count). The summed E-state index contributed by atoms with van der Waals surface area (Å²) in [6.07, 6.45) is 3.92. The van der Waals surface area contributed by atoms with Crippen LogP contribution in [0.4, 0.5) is 5.69 Å². The van der Waals surface area contributed by atoms with Crippen LogP contribution in [0.15, 0.2) is 18.2 Å². The van der Waals surface area contributed by atoms with Crippen LogP contribution in [0, 0.1) is 11.8 Å². The first-order valence-electron chi connectivity index (χ1n) is 8.92. The lowest BCUT2D eigenvalue weighted by Gasteiger charge is -2.16. The van der Waals surface area contributed by atoms with E-state index in [1.165, 1.54) is 17.5 Å². The summed E-state index contributed by atoms with van der Waals surface area (Å²) in [6.45, 7) is 7.60. The Morgan fingerprint density at radius 1 is 1.35 bits per heavy atom. The van der Waals surface area contributed by atoms with E-state index in [1.807, 2.05) is 6.07 Å². The first-order chi connectivity index (χ1) is 11.0. The molecule has 3 N–H and O–H groups in total. The summed E-state index contributed by atoms with van der Waals surface area (Å²) in [5, 5.41) is 3.17. The second-order valence-electron chi connectivity index (χ2n) is 7.60. The van der Waals surface area contributed by atoms with Gasteiger partial charge in [0.15, 0.2) is 0 Å². The predicted octanol–water partition coefficient (Wildman–Crippen LogP) is 3.11. The Morgan fingerprint density at radius 3 is 2.87 bits per heavy atom. The van der Waals surface area contributed by atoms with Gasteiger partial charge in [0.05, 0.1) is 0 Å². The van der Waals surface area contributed by atoms with Gasteiger partial charge >= 0.3 is 0 Å². The summed E-state index contributed by atoms with van der Waals surface area (Å²) in [5.41, 5.74) is 9.59. The summed E-state index contributed by atoms with van der Waals surface area (Å²) in [4.78, 5) is 15.0. The van der Waals surface area contributed by atoms with Gasteiger partial charge in [0.1, 0.15) is 0 Å². The van der Waals surface area contributed by atoms with E-state index in [-0.39, 0.29) is 17.9 Å². The summed E-state index contributed by atoms with van der Waals surface area (Å²) < 4.78 is 0. The van der Waals surface area contributed by atoms with Crippen molar-refractivity contribution in [2.45, 2.75) is 58.7 Å². The third-order valence-corrected chi connectivity index (χ3v) is 5.17. The van der Waals surface area contributed by atoms with Crippen molar-refractivity contribution in [3.63, 3.8) is 0 Å². The molecule has 2 atom stereocenters.